The maximum absolute atomic E-state index is 13.2. The fourth-order valence-electron chi connectivity index (χ4n) is 5.08. The van der Waals surface area contributed by atoms with E-state index in [1.807, 2.05) is 18.5 Å². The third-order valence-electron chi connectivity index (χ3n) is 6.62. The molecule has 0 radical (unpaired) electrons. The van der Waals surface area contributed by atoms with Crippen LogP contribution in [0.3, 0.4) is 0 Å². The largest absolute Gasteiger partial charge is 0.337 e. The molecule has 5 fully saturated rings. The number of fused-ring (bicyclic) bond motifs is 4. The standard InChI is InChI=1S/C20H29N5O/c26-20(19-8-18(22-23-19)16-4-5-16)25-12-15-3-6-17(25)13-24(11-15)10-14-2-1-7-21-9-14/h1-2,7,9,15-19,22-23H,3-6,8,10-13H2/t15-,17+,18?,19?/m0/s1. The van der Waals surface area contributed by atoms with Gasteiger partial charge in [0.05, 0.1) is 0 Å². The number of pyridine rings is 1. The van der Waals surface area contributed by atoms with Gasteiger partial charge in [-0.2, -0.15) is 0 Å². The van der Waals surface area contributed by atoms with E-state index in [0.717, 1.165) is 44.9 Å². The molecule has 6 heteroatoms. The molecule has 1 aromatic heterocycles. The second-order valence-corrected chi connectivity index (χ2v) is 8.66. The van der Waals surface area contributed by atoms with Crippen LogP contribution in [0.4, 0.5) is 0 Å². The van der Waals surface area contributed by atoms with Crippen molar-refractivity contribution >= 4 is 5.91 Å². The van der Waals surface area contributed by atoms with Crippen molar-refractivity contribution in [3.8, 4) is 0 Å². The van der Waals surface area contributed by atoms with Crippen LogP contribution in [-0.2, 0) is 11.3 Å². The van der Waals surface area contributed by atoms with Crippen molar-refractivity contribution in [2.45, 2.75) is 56.8 Å². The Morgan fingerprint density at radius 2 is 2.08 bits per heavy atom. The normalized spacial score (nSPS) is 34.8. The highest BCUT2D eigenvalue weighted by atomic mass is 16.2. The summed E-state index contributed by atoms with van der Waals surface area (Å²) < 4.78 is 0. The third-order valence-corrected chi connectivity index (χ3v) is 6.62. The number of nitrogens with zero attached hydrogens (tertiary/aromatic N) is 3. The van der Waals surface area contributed by atoms with Crippen molar-refractivity contribution in [3.63, 3.8) is 0 Å². The van der Waals surface area contributed by atoms with Crippen LogP contribution in [0.15, 0.2) is 24.5 Å². The van der Waals surface area contributed by atoms with Crippen molar-refractivity contribution in [1.29, 1.82) is 0 Å². The second-order valence-electron chi connectivity index (χ2n) is 8.66. The molecule has 26 heavy (non-hydrogen) atoms. The molecule has 2 bridgehead atoms. The third kappa shape index (κ3) is 3.38. The summed E-state index contributed by atoms with van der Waals surface area (Å²) in [7, 11) is 0. The second kappa shape index (κ2) is 6.91. The molecular weight excluding hydrogens is 326 g/mol. The van der Waals surface area contributed by atoms with E-state index in [2.05, 4.69) is 31.7 Å². The molecule has 2 N–H and O–H groups in total. The van der Waals surface area contributed by atoms with Crippen LogP contribution in [0.2, 0.25) is 0 Å². The van der Waals surface area contributed by atoms with E-state index in [-0.39, 0.29) is 6.04 Å². The highest BCUT2D eigenvalue weighted by molar-refractivity contribution is 5.82. The van der Waals surface area contributed by atoms with Gasteiger partial charge in [-0.05, 0) is 55.6 Å². The minimum atomic E-state index is -0.0354. The summed E-state index contributed by atoms with van der Waals surface area (Å²) in [6, 6.07) is 4.98. The maximum Gasteiger partial charge on any atom is 0.241 e. The first kappa shape index (κ1) is 16.7. The molecule has 6 rings (SSSR count). The van der Waals surface area contributed by atoms with Crippen LogP contribution < -0.4 is 10.9 Å². The van der Waals surface area contributed by atoms with Crippen molar-refractivity contribution in [3.05, 3.63) is 30.1 Å². The first-order valence-electron chi connectivity index (χ1n) is 10.2. The van der Waals surface area contributed by atoms with Crippen molar-refractivity contribution in [2.75, 3.05) is 19.6 Å². The fraction of sp³-hybridized carbons (Fsp3) is 0.700. The topological polar surface area (TPSA) is 60.5 Å². The van der Waals surface area contributed by atoms with Gasteiger partial charge in [-0.25, -0.2) is 5.43 Å². The van der Waals surface area contributed by atoms with Gasteiger partial charge in [-0.3, -0.25) is 20.1 Å². The Labute approximate surface area is 155 Å². The van der Waals surface area contributed by atoms with Gasteiger partial charge >= 0.3 is 0 Å². The molecule has 1 amide bonds. The Morgan fingerprint density at radius 3 is 2.88 bits per heavy atom. The Bertz CT molecular complexity index is 649. The molecule has 140 valence electrons. The lowest BCUT2D eigenvalue weighted by molar-refractivity contribution is -0.137. The van der Waals surface area contributed by atoms with Crippen molar-refractivity contribution in [2.24, 2.45) is 11.8 Å². The van der Waals surface area contributed by atoms with Crippen molar-refractivity contribution < 1.29 is 4.79 Å². The minimum absolute atomic E-state index is 0.0354. The van der Waals surface area contributed by atoms with Crippen LogP contribution in [0.1, 0.15) is 37.7 Å². The van der Waals surface area contributed by atoms with Gasteiger partial charge in [-0.15, -0.1) is 0 Å². The number of carbonyl (C=O) groups is 1. The van der Waals surface area contributed by atoms with Gasteiger partial charge in [0.25, 0.3) is 0 Å². The molecule has 4 aliphatic heterocycles. The first-order chi connectivity index (χ1) is 12.8. The highest BCUT2D eigenvalue weighted by Gasteiger charge is 2.43. The van der Waals surface area contributed by atoms with Crippen LogP contribution in [0.5, 0.6) is 0 Å². The Kier molecular flexibility index (Phi) is 4.43. The molecule has 5 aliphatic rings. The Morgan fingerprint density at radius 1 is 1.15 bits per heavy atom. The zero-order valence-corrected chi connectivity index (χ0v) is 15.3. The summed E-state index contributed by atoms with van der Waals surface area (Å²) in [4.78, 5) is 22.2. The van der Waals surface area contributed by atoms with E-state index in [9.17, 15) is 4.79 Å². The number of amides is 1. The predicted molar refractivity (Wildman–Crippen MR) is 98.9 cm³/mol. The number of hydrogen-bond acceptors (Lipinski definition) is 5. The summed E-state index contributed by atoms with van der Waals surface area (Å²) in [5, 5.41) is 0. The number of piperidine rings is 1. The summed E-state index contributed by atoms with van der Waals surface area (Å²) in [6.07, 6.45) is 9.77. The van der Waals surface area contributed by atoms with Crippen LogP contribution in [0.25, 0.3) is 0 Å². The van der Waals surface area contributed by atoms with Crippen molar-refractivity contribution in [1.82, 2.24) is 25.6 Å². The molecule has 0 spiro atoms. The van der Waals surface area contributed by atoms with Crippen LogP contribution in [-0.4, -0.2) is 58.5 Å². The molecule has 4 saturated heterocycles. The average Bonchev–Trinajstić information content (AvgIpc) is 3.45. The van der Waals surface area contributed by atoms with Crippen LogP contribution >= 0.6 is 0 Å². The molecule has 2 unspecified atom stereocenters. The van der Waals surface area contributed by atoms with Gasteiger partial charge < -0.3 is 4.90 Å². The molecule has 1 saturated carbocycles. The van der Waals surface area contributed by atoms with E-state index in [4.69, 9.17) is 0 Å². The zero-order valence-electron chi connectivity index (χ0n) is 15.3. The monoisotopic (exact) mass is 355 g/mol. The van der Waals surface area contributed by atoms with E-state index < -0.39 is 0 Å². The summed E-state index contributed by atoms with van der Waals surface area (Å²) >= 11 is 0. The highest BCUT2D eigenvalue weighted by Crippen LogP contribution is 2.36. The number of hydrazine groups is 1. The fourth-order valence-corrected chi connectivity index (χ4v) is 5.08. The van der Waals surface area contributed by atoms with Gasteiger partial charge in [0.2, 0.25) is 5.91 Å². The Balaban J connectivity index is 1.24. The minimum Gasteiger partial charge on any atom is -0.337 e. The number of aromatic nitrogens is 1. The Hall–Kier alpha value is -1.50. The molecule has 0 aromatic carbocycles. The van der Waals surface area contributed by atoms with Gasteiger partial charge in [0.15, 0.2) is 0 Å². The predicted octanol–water partition coefficient (Wildman–Crippen LogP) is 1.15. The molecule has 5 heterocycles. The van der Waals surface area contributed by atoms with E-state index in [1.54, 1.807) is 0 Å². The lowest BCUT2D eigenvalue weighted by atomic mass is 9.93. The molecule has 6 nitrogen and oxygen atoms in total. The summed E-state index contributed by atoms with van der Waals surface area (Å²) in [6.45, 7) is 3.95. The van der Waals surface area contributed by atoms with Gasteiger partial charge in [-0.1, -0.05) is 6.07 Å². The lowest BCUT2D eigenvalue weighted by Gasteiger charge is -2.37. The first-order valence-corrected chi connectivity index (χ1v) is 10.2. The molecular formula is C20H29N5O. The zero-order chi connectivity index (χ0) is 17.5. The van der Waals surface area contributed by atoms with E-state index in [0.29, 0.717) is 23.9 Å². The SMILES string of the molecule is O=C(C1CC(C2CC2)NN1)N1C[C@H]2CC[C@@H]1CN(Cc1cccnc1)C2. The number of carbonyl (C=O) groups excluding carboxylic acids is 1. The smallest absolute Gasteiger partial charge is 0.241 e. The van der Waals surface area contributed by atoms with Gasteiger partial charge in [0, 0.05) is 50.7 Å². The lowest BCUT2D eigenvalue weighted by Crippen LogP contribution is -2.53. The molecule has 1 aromatic rings. The summed E-state index contributed by atoms with van der Waals surface area (Å²) in [5.74, 6) is 1.71. The molecule has 4 atom stereocenters. The van der Waals surface area contributed by atoms with Crippen LogP contribution in [0, 0.1) is 11.8 Å². The number of rotatable bonds is 4. The maximum atomic E-state index is 13.2. The van der Waals surface area contributed by atoms with Gasteiger partial charge in [0.1, 0.15) is 6.04 Å². The van der Waals surface area contributed by atoms with E-state index >= 15 is 0 Å². The summed E-state index contributed by atoms with van der Waals surface area (Å²) in [5.41, 5.74) is 7.93. The average molecular weight is 355 g/mol. The number of nitrogens with one attached hydrogen (secondary N) is 2. The molecule has 1 aliphatic carbocycles. The van der Waals surface area contributed by atoms with E-state index in [1.165, 1.54) is 24.8 Å². The quantitative estimate of drug-likeness (QED) is 0.848. The number of hydrogen-bond donors (Lipinski definition) is 2.